The molecule has 0 saturated carbocycles. The summed E-state index contributed by atoms with van der Waals surface area (Å²) < 4.78 is 0. The maximum atomic E-state index is 4.60. The maximum Gasteiger partial charge on any atom is 0.223 e. The fraction of sp³-hybridized carbons (Fsp3) is 0.529. The van der Waals surface area contributed by atoms with Gasteiger partial charge in [0, 0.05) is 30.2 Å². The number of hydrogen-bond acceptors (Lipinski definition) is 4. The van der Waals surface area contributed by atoms with E-state index in [9.17, 15) is 0 Å². The third kappa shape index (κ3) is 2.48. The van der Waals surface area contributed by atoms with Crippen LogP contribution in [0.25, 0.3) is 10.9 Å². The third-order valence-corrected chi connectivity index (χ3v) is 5.23. The van der Waals surface area contributed by atoms with Gasteiger partial charge in [0.25, 0.3) is 0 Å². The monoisotopic (exact) mass is 282 g/mol. The van der Waals surface area contributed by atoms with Crippen molar-refractivity contribution in [1.82, 2.24) is 14.9 Å². The van der Waals surface area contributed by atoms with E-state index in [0.29, 0.717) is 0 Å². The van der Waals surface area contributed by atoms with Gasteiger partial charge in [0.05, 0.1) is 5.52 Å². The van der Waals surface area contributed by atoms with Crippen molar-refractivity contribution in [2.45, 2.75) is 37.8 Å². The van der Waals surface area contributed by atoms with Crippen molar-refractivity contribution < 1.29 is 0 Å². The van der Waals surface area contributed by atoms with Crippen LogP contribution < -0.4 is 5.32 Å². The van der Waals surface area contributed by atoms with Crippen LogP contribution in [-0.2, 0) is 0 Å². The molecular weight excluding hydrogens is 260 g/mol. The lowest BCUT2D eigenvalue weighted by Gasteiger charge is -2.36. The molecule has 1 aromatic carbocycles. The molecule has 0 aliphatic carbocycles. The number of nitrogens with zero attached hydrogens (tertiary/aromatic N) is 3. The summed E-state index contributed by atoms with van der Waals surface area (Å²) in [6, 6.07) is 9.73. The summed E-state index contributed by atoms with van der Waals surface area (Å²) in [5.74, 6) is 1.52. The number of nitrogens with one attached hydrogen (secondary N) is 1. The molecule has 0 radical (unpaired) electrons. The van der Waals surface area contributed by atoms with Gasteiger partial charge in [-0.1, -0.05) is 18.2 Å². The molecule has 1 N–H and O–H groups in total. The number of hydrogen-bond donors (Lipinski definition) is 1. The first-order valence-corrected chi connectivity index (χ1v) is 7.97. The first kappa shape index (κ1) is 13.0. The van der Waals surface area contributed by atoms with E-state index >= 15 is 0 Å². The van der Waals surface area contributed by atoms with Gasteiger partial charge in [-0.2, -0.15) is 0 Å². The number of para-hydroxylation sites is 1. The average molecular weight is 282 g/mol. The Morgan fingerprint density at radius 3 is 2.76 bits per heavy atom. The van der Waals surface area contributed by atoms with Crippen LogP contribution in [0.2, 0.25) is 0 Å². The molecule has 2 aromatic rings. The minimum absolute atomic E-state index is 0.758. The van der Waals surface area contributed by atoms with Gasteiger partial charge in [0.2, 0.25) is 5.95 Å². The molecular formula is C17H22N4. The second-order valence-corrected chi connectivity index (χ2v) is 6.52. The Labute approximate surface area is 125 Å². The van der Waals surface area contributed by atoms with Crippen LogP contribution in [0.3, 0.4) is 0 Å². The SMILES string of the molecule is CN1C2CCC1CC(CNc1ncc3ccccc3n1)C2. The van der Waals surface area contributed by atoms with Crippen LogP contribution >= 0.6 is 0 Å². The minimum Gasteiger partial charge on any atom is -0.354 e. The standard InChI is InChI=1S/C17H22N4/c1-21-14-6-7-15(21)9-12(8-14)10-18-17-19-11-13-4-2-3-5-16(13)20-17/h2-5,11-12,14-15H,6-10H2,1H3,(H,18,19,20). The number of anilines is 1. The van der Waals surface area contributed by atoms with E-state index in [1.165, 1.54) is 25.7 Å². The topological polar surface area (TPSA) is 41.0 Å². The zero-order valence-corrected chi connectivity index (χ0v) is 12.5. The lowest BCUT2D eigenvalue weighted by atomic mass is 9.91. The molecule has 2 aliphatic rings. The molecule has 2 bridgehead atoms. The second-order valence-electron chi connectivity index (χ2n) is 6.52. The van der Waals surface area contributed by atoms with Gasteiger partial charge in [-0.05, 0) is 44.7 Å². The molecule has 0 amide bonds. The highest BCUT2D eigenvalue weighted by molar-refractivity contribution is 5.78. The van der Waals surface area contributed by atoms with Gasteiger partial charge in [0.1, 0.15) is 0 Å². The molecule has 0 spiro atoms. The van der Waals surface area contributed by atoms with Crippen molar-refractivity contribution in [1.29, 1.82) is 0 Å². The van der Waals surface area contributed by atoms with E-state index < -0.39 is 0 Å². The number of rotatable bonds is 3. The largest absolute Gasteiger partial charge is 0.354 e. The Bertz CT molecular complexity index is 627. The number of piperidine rings is 1. The second kappa shape index (κ2) is 5.26. The van der Waals surface area contributed by atoms with Gasteiger partial charge in [0.15, 0.2) is 0 Å². The zero-order valence-electron chi connectivity index (χ0n) is 12.5. The Balaban J connectivity index is 1.42. The van der Waals surface area contributed by atoms with Crippen LogP contribution in [0.5, 0.6) is 0 Å². The molecule has 4 rings (SSSR count). The maximum absolute atomic E-state index is 4.60. The Morgan fingerprint density at radius 2 is 1.95 bits per heavy atom. The minimum atomic E-state index is 0.758. The Kier molecular flexibility index (Phi) is 3.26. The number of aromatic nitrogens is 2. The fourth-order valence-electron chi connectivity index (χ4n) is 3.98. The van der Waals surface area contributed by atoms with Crippen LogP contribution in [0.15, 0.2) is 30.5 Å². The van der Waals surface area contributed by atoms with Crippen LogP contribution in [0, 0.1) is 5.92 Å². The normalized spacial score (nSPS) is 28.9. The summed E-state index contributed by atoms with van der Waals surface area (Å²) >= 11 is 0. The lowest BCUT2D eigenvalue weighted by molar-refractivity contribution is 0.139. The highest BCUT2D eigenvalue weighted by atomic mass is 15.2. The molecule has 110 valence electrons. The van der Waals surface area contributed by atoms with Gasteiger partial charge >= 0.3 is 0 Å². The molecule has 1 aromatic heterocycles. The third-order valence-electron chi connectivity index (χ3n) is 5.23. The summed E-state index contributed by atoms with van der Waals surface area (Å²) in [5.41, 5.74) is 1.01. The number of fused-ring (bicyclic) bond motifs is 3. The first-order valence-electron chi connectivity index (χ1n) is 7.97. The molecule has 21 heavy (non-hydrogen) atoms. The highest BCUT2D eigenvalue weighted by Gasteiger charge is 2.38. The van der Waals surface area contributed by atoms with Crippen molar-refractivity contribution in [2.24, 2.45) is 5.92 Å². The van der Waals surface area contributed by atoms with Gasteiger partial charge in [-0.15, -0.1) is 0 Å². The van der Waals surface area contributed by atoms with Crippen LogP contribution in [0.4, 0.5) is 5.95 Å². The summed E-state index contributed by atoms with van der Waals surface area (Å²) in [5, 5.41) is 4.55. The average Bonchev–Trinajstić information content (AvgIpc) is 2.75. The first-order chi connectivity index (χ1) is 10.3. The smallest absolute Gasteiger partial charge is 0.223 e. The number of benzene rings is 1. The Hall–Kier alpha value is -1.68. The van der Waals surface area contributed by atoms with Gasteiger partial charge < -0.3 is 10.2 Å². The van der Waals surface area contributed by atoms with Crippen molar-refractivity contribution in [2.75, 3.05) is 18.9 Å². The summed E-state index contributed by atoms with van der Waals surface area (Å²) in [6.07, 6.45) is 7.29. The van der Waals surface area contributed by atoms with E-state index in [0.717, 1.165) is 41.4 Å². The summed E-state index contributed by atoms with van der Waals surface area (Å²) in [6.45, 7) is 0.999. The highest BCUT2D eigenvalue weighted by Crippen LogP contribution is 2.37. The molecule has 3 heterocycles. The molecule has 2 fully saturated rings. The summed E-state index contributed by atoms with van der Waals surface area (Å²) in [4.78, 5) is 11.6. The van der Waals surface area contributed by atoms with E-state index in [2.05, 4.69) is 27.2 Å². The molecule has 4 nitrogen and oxygen atoms in total. The van der Waals surface area contributed by atoms with Gasteiger partial charge in [-0.25, -0.2) is 9.97 Å². The molecule has 2 atom stereocenters. The van der Waals surface area contributed by atoms with E-state index in [1.807, 2.05) is 30.5 Å². The van der Waals surface area contributed by atoms with Crippen molar-refractivity contribution in [3.63, 3.8) is 0 Å². The predicted octanol–water partition coefficient (Wildman–Crippen LogP) is 2.91. The van der Waals surface area contributed by atoms with E-state index in [-0.39, 0.29) is 0 Å². The molecule has 2 saturated heterocycles. The molecule has 4 heteroatoms. The van der Waals surface area contributed by atoms with Crippen LogP contribution in [0.1, 0.15) is 25.7 Å². The van der Waals surface area contributed by atoms with Crippen LogP contribution in [-0.4, -0.2) is 40.5 Å². The van der Waals surface area contributed by atoms with Crippen molar-refractivity contribution in [3.05, 3.63) is 30.5 Å². The fourth-order valence-corrected chi connectivity index (χ4v) is 3.98. The predicted molar refractivity (Wildman–Crippen MR) is 85.3 cm³/mol. The van der Waals surface area contributed by atoms with E-state index in [1.54, 1.807) is 0 Å². The van der Waals surface area contributed by atoms with E-state index in [4.69, 9.17) is 0 Å². The molecule has 2 unspecified atom stereocenters. The quantitative estimate of drug-likeness (QED) is 0.940. The zero-order chi connectivity index (χ0) is 14.2. The molecule has 2 aliphatic heterocycles. The van der Waals surface area contributed by atoms with Crippen molar-refractivity contribution in [3.8, 4) is 0 Å². The Morgan fingerprint density at radius 1 is 1.19 bits per heavy atom. The van der Waals surface area contributed by atoms with Gasteiger partial charge in [-0.3, -0.25) is 0 Å². The lowest BCUT2D eigenvalue weighted by Crippen LogP contribution is -2.41. The summed E-state index contributed by atoms with van der Waals surface area (Å²) in [7, 11) is 2.29. The van der Waals surface area contributed by atoms with Crippen molar-refractivity contribution >= 4 is 16.9 Å².